The van der Waals surface area contributed by atoms with Gasteiger partial charge in [0.2, 0.25) is 0 Å². The van der Waals surface area contributed by atoms with Crippen LogP contribution in [0.1, 0.15) is 11.3 Å². The second-order valence-electron chi connectivity index (χ2n) is 4.00. The summed E-state index contributed by atoms with van der Waals surface area (Å²) in [7, 11) is 0. The zero-order valence-corrected chi connectivity index (χ0v) is 10.6. The number of rotatable bonds is 3. The maximum Gasteiger partial charge on any atom is 0.172 e. The minimum absolute atomic E-state index is 0.898. The number of nitrogens with one attached hydrogen (secondary N) is 1. The molecule has 1 aromatic heterocycles. The predicted molar refractivity (Wildman–Crippen MR) is 64.2 cm³/mol. The predicted octanol–water partition coefficient (Wildman–Crippen LogP) is 1.80. The summed E-state index contributed by atoms with van der Waals surface area (Å²) in [5.74, 6) is 0.984. The fraction of sp³-hybridized carbons (Fsp3) is 0.636. The van der Waals surface area contributed by atoms with E-state index in [1.165, 1.54) is 5.56 Å². The van der Waals surface area contributed by atoms with Gasteiger partial charge in [-0.1, -0.05) is 0 Å². The van der Waals surface area contributed by atoms with Gasteiger partial charge >= 0.3 is 0 Å². The van der Waals surface area contributed by atoms with E-state index >= 15 is 0 Å². The summed E-state index contributed by atoms with van der Waals surface area (Å²) < 4.78 is 6.34. The lowest BCUT2D eigenvalue weighted by molar-refractivity contribution is 0.243. The molecule has 1 N–H and O–H groups in total. The minimum Gasteiger partial charge on any atom is -0.454 e. The second-order valence-corrected chi connectivity index (χ2v) is 4.72. The van der Waals surface area contributed by atoms with Gasteiger partial charge in [0.15, 0.2) is 4.67 Å². The zero-order chi connectivity index (χ0) is 10.7. The molecule has 1 aromatic rings. The molecule has 15 heavy (non-hydrogen) atoms. The van der Waals surface area contributed by atoms with Gasteiger partial charge in [-0.2, -0.15) is 0 Å². The molecule has 0 atom stereocenters. The Morgan fingerprint density at radius 3 is 2.80 bits per heavy atom. The topological polar surface area (TPSA) is 28.4 Å². The zero-order valence-electron chi connectivity index (χ0n) is 9.05. The maximum atomic E-state index is 5.44. The van der Waals surface area contributed by atoms with Crippen molar-refractivity contribution in [2.75, 3.05) is 32.7 Å². The molecule has 1 saturated heterocycles. The van der Waals surface area contributed by atoms with Crippen LogP contribution in [0.3, 0.4) is 0 Å². The van der Waals surface area contributed by atoms with E-state index in [-0.39, 0.29) is 0 Å². The van der Waals surface area contributed by atoms with Crippen molar-refractivity contribution in [1.82, 2.24) is 10.2 Å². The molecule has 0 radical (unpaired) electrons. The summed E-state index contributed by atoms with van der Waals surface area (Å²) in [6.07, 6.45) is 1.07. The molecule has 1 aliphatic rings. The first-order valence-corrected chi connectivity index (χ1v) is 6.23. The van der Waals surface area contributed by atoms with E-state index in [0.717, 1.165) is 49.6 Å². The third-order valence-electron chi connectivity index (χ3n) is 2.79. The largest absolute Gasteiger partial charge is 0.454 e. The van der Waals surface area contributed by atoms with Gasteiger partial charge in [0.05, 0.1) is 0 Å². The minimum atomic E-state index is 0.898. The Bertz CT molecular complexity index is 318. The Hall–Kier alpha value is -0.320. The summed E-state index contributed by atoms with van der Waals surface area (Å²) in [6, 6.07) is 2.12. The molecule has 0 spiro atoms. The van der Waals surface area contributed by atoms with Gasteiger partial charge in [-0.15, -0.1) is 0 Å². The highest BCUT2D eigenvalue weighted by Gasteiger charge is 2.11. The fourth-order valence-corrected chi connectivity index (χ4v) is 2.49. The maximum absolute atomic E-state index is 5.44. The van der Waals surface area contributed by atoms with Crippen LogP contribution in [-0.2, 0) is 6.42 Å². The number of aryl methyl sites for hydroxylation is 1. The monoisotopic (exact) mass is 272 g/mol. The molecule has 3 nitrogen and oxygen atoms in total. The lowest BCUT2D eigenvalue weighted by Crippen LogP contribution is -2.44. The Morgan fingerprint density at radius 1 is 1.47 bits per heavy atom. The lowest BCUT2D eigenvalue weighted by Gasteiger charge is -2.26. The van der Waals surface area contributed by atoms with Crippen LogP contribution in [0.15, 0.2) is 15.2 Å². The average molecular weight is 273 g/mol. The first-order valence-electron chi connectivity index (χ1n) is 5.43. The fourth-order valence-electron chi connectivity index (χ4n) is 1.92. The van der Waals surface area contributed by atoms with Gasteiger partial charge in [-0.3, -0.25) is 0 Å². The molecule has 2 heterocycles. The van der Waals surface area contributed by atoms with E-state index in [1.54, 1.807) is 0 Å². The van der Waals surface area contributed by atoms with Crippen LogP contribution in [0.4, 0.5) is 0 Å². The van der Waals surface area contributed by atoms with Crippen LogP contribution < -0.4 is 5.32 Å². The van der Waals surface area contributed by atoms with Crippen molar-refractivity contribution in [1.29, 1.82) is 0 Å². The molecule has 84 valence electrons. The first-order chi connectivity index (χ1) is 7.25. The summed E-state index contributed by atoms with van der Waals surface area (Å²) >= 11 is 3.44. The SMILES string of the molecule is Cc1cc(CCN2CCNCC2)c(Br)o1. The third kappa shape index (κ3) is 3.06. The van der Waals surface area contributed by atoms with Crippen molar-refractivity contribution in [2.24, 2.45) is 0 Å². The van der Waals surface area contributed by atoms with Gasteiger partial charge in [-0.25, -0.2) is 0 Å². The van der Waals surface area contributed by atoms with Gasteiger partial charge in [0.1, 0.15) is 5.76 Å². The molecule has 0 bridgehead atoms. The highest BCUT2D eigenvalue weighted by atomic mass is 79.9. The number of hydrogen-bond donors (Lipinski definition) is 1. The molecule has 0 aliphatic carbocycles. The molecule has 0 aromatic carbocycles. The standard InChI is InChI=1S/C11H17BrN2O/c1-9-8-10(11(12)15-9)2-5-14-6-3-13-4-7-14/h8,13H,2-7H2,1H3. The molecular weight excluding hydrogens is 256 g/mol. The summed E-state index contributed by atoms with van der Waals surface area (Å²) in [5, 5.41) is 3.36. The number of nitrogens with zero attached hydrogens (tertiary/aromatic N) is 1. The van der Waals surface area contributed by atoms with Crippen molar-refractivity contribution in [3.63, 3.8) is 0 Å². The quantitative estimate of drug-likeness (QED) is 0.910. The van der Waals surface area contributed by atoms with Crippen LogP contribution in [0.5, 0.6) is 0 Å². The van der Waals surface area contributed by atoms with Crippen molar-refractivity contribution < 1.29 is 4.42 Å². The first kappa shape index (κ1) is 11.2. The molecule has 1 fully saturated rings. The Morgan fingerprint density at radius 2 is 2.20 bits per heavy atom. The van der Waals surface area contributed by atoms with Crippen LogP contribution in [0.2, 0.25) is 0 Å². The lowest BCUT2D eigenvalue weighted by atomic mass is 10.2. The molecule has 0 amide bonds. The molecular formula is C11H17BrN2O. The normalized spacial score (nSPS) is 18.3. The van der Waals surface area contributed by atoms with Gasteiger partial charge in [0, 0.05) is 38.3 Å². The van der Waals surface area contributed by atoms with Crippen LogP contribution in [0.25, 0.3) is 0 Å². The van der Waals surface area contributed by atoms with Crippen LogP contribution in [0, 0.1) is 6.92 Å². The van der Waals surface area contributed by atoms with Gasteiger partial charge < -0.3 is 14.6 Å². The molecule has 4 heteroatoms. The van der Waals surface area contributed by atoms with Crippen molar-refractivity contribution in [2.45, 2.75) is 13.3 Å². The van der Waals surface area contributed by atoms with Crippen LogP contribution in [-0.4, -0.2) is 37.6 Å². The molecule has 1 aliphatic heterocycles. The van der Waals surface area contributed by atoms with E-state index in [2.05, 4.69) is 32.2 Å². The Kier molecular flexibility index (Phi) is 3.83. The highest BCUT2D eigenvalue weighted by Crippen LogP contribution is 2.21. The summed E-state index contributed by atoms with van der Waals surface area (Å²) in [5.41, 5.74) is 1.28. The highest BCUT2D eigenvalue weighted by molar-refractivity contribution is 9.10. The van der Waals surface area contributed by atoms with E-state index in [9.17, 15) is 0 Å². The third-order valence-corrected chi connectivity index (χ3v) is 3.46. The smallest absolute Gasteiger partial charge is 0.172 e. The number of piperazine rings is 1. The van der Waals surface area contributed by atoms with E-state index in [0.29, 0.717) is 0 Å². The second kappa shape index (κ2) is 5.14. The summed E-state index contributed by atoms with van der Waals surface area (Å²) in [6.45, 7) is 7.67. The van der Waals surface area contributed by atoms with Crippen molar-refractivity contribution >= 4 is 15.9 Å². The van der Waals surface area contributed by atoms with Crippen LogP contribution >= 0.6 is 15.9 Å². The van der Waals surface area contributed by atoms with E-state index < -0.39 is 0 Å². The molecule has 0 saturated carbocycles. The Balaban J connectivity index is 1.84. The Labute approximate surface area is 99.0 Å². The number of furan rings is 1. The number of hydrogen-bond acceptors (Lipinski definition) is 3. The molecule has 0 unspecified atom stereocenters. The van der Waals surface area contributed by atoms with E-state index in [1.807, 2.05) is 6.92 Å². The average Bonchev–Trinajstić information content (AvgIpc) is 2.56. The molecule has 2 rings (SSSR count). The van der Waals surface area contributed by atoms with Crippen molar-refractivity contribution in [3.8, 4) is 0 Å². The van der Waals surface area contributed by atoms with Crippen molar-refractivity contribution in [3.05, 3.63) is 22.1 Å². The van der Waals surface area contributed by atoms with E-state index in [4.69, 9.17) is 4.42 Å². The summed E-state index contributed by atoms with van der Waals surface area (Å²) in [4.78, 5) is 2.49. The van der Waals surface area contributed by atoms with Gasteiger partial charge in [0.25, 0.3) is 0 Å². The number of halogens is 1. The van der Waals surface area contributed by atoms with Gasteiger partial charge in [-0.05, 0) is 35.3 Å².